The van der Waals surface area contributed by atoms with Crippen molar-refractivity contribution in [2.75, 3.05) is 26.8 Å². The van der Waals surface area contributed by atoms with Crippen molar-refractivity contribution in [1.82, 2.24) is 4.31 Å². The van der Waals surface area contributed by atoms with Gasteiger partial charge in [-0.2, -0.15) is 0 Å². The van der Waals surface area contributed by atoms with Crippen LogP contribution in [0.3, 0.4) is 0 Å². The maximum atomic E-state index is 12.6. The summed E-state index contributed by atoms with van der Waals surface area (Å²) in [5.74, 6) is 0.273. The Balaban J connectivity index is 2.14. The second-order valence-electron chi connectivity index (χ2n) is 5.73. The maximum absolute atomic E-state index is 12.6. The van der Waals surface area contributed by atoms with Crippen LogP contribution in [0.4, 0.5) is 0 Å². The summed E-state index contributed by atoms with van der Waals surface area (Å²) < 4.78 is 32.1. The van der Waals surface area contributed by atoms with Crippen molar-refractivity contribution < 1.29 is 13.2 Å². The predicted molar refractivity (Wildman–Crippen MR) is 82.4 cm³/mol. The molecule has 2 atom stereocenters. The number of nitrogens with zero attached hydrogens (tertiary/aromatic N) is 1. The van der Waals surface area contributed by atoms with Gasteiger partial charge in [0.05, 0.1) is 11.5 Å². The number of hydrogen-bond acceptors (Lipinski definition) is 4. The summed E-state index contributed by atoms with van der Waals surface area (Å²) in [5, 5.41) is 0. The van der Waals surface area contributed by atoms with Crippen molar-refractivity contribution in [2.45, 2.75) is 30.7 Å². The SMILES string of the molecule is CC(N)c1cccc(S(=O)(=O)N(C)CC2CCCOC2)c1. The Kier molecular flexibility index (Phi) is 5.37. The van der Waals surface area contributed by atoms with Crippen LogP contribution in [-0.4, -0.2) is 39.5 Å². The standard InChI is InChI=1S/C15H24N2O3S/c1-12(16)14-6-3-7-15(9-14)21(18,19)17(2)10-13-5-4-8-20-11-13/h3,6-7,9,12-13H,4-5,8,10-11,16H2,1-2H3. The molecule has 1 heterocycles. The molecule has 0 radical (unpaired) electrons. The van der Waals surface area contributed by atoms with Crippen LogP contribution < -0.4 is 5.73 Å². The largest absolute Gasteiger partial charge is 0.381 e. The second-order valence-corrected chi connectivity index (χ2v) is 7.77. The Morgan fingerprint density at radius 1 is 1.48 bits per heavy atom. The highest BCUT2D eigenvalue weighted by atomic mass is 32.2. The topological polar surface area (TPSA) is 72.6 Å². The fourth-order valence-electron chi connectivity index (χ4n) is 2.55. The van der Waals surface area contributed by atoms with E-state index in [1.165, 1.54) is 4.31 Å². The smallest absolute Gasteiger partial charge is 0.242 e. The highest BCUT2D eigenvalue weighted by Crippen LogP contribution is 2.21. The van der Waals surface area contributed by atoms with Gasteiger partial charge in [-0.1, -0.05) is 12.1 Å². The van der Waals surface area contributed by atoms with Gasteiger partial charge in [0.15, 0.2) is 0 Å². The predicted octanol–water partition coefficient (Wildman–Crippen LogP) is 1.75. The molecule has 2 unspecified atom stereocenters. The highest BCUT2D eigenvalue weighted by Gasteiger charge is 2.25. The maximum Gasteiger partial charge on any atom is 0.242 e. The zero-order valence-corrected chi connectivity index (χ0v) is 13.5. The molecule has 1 aromatic rings. The van der Waals surface area contributed by atoms with E-state index in [1.807, 2.05) is 13.0 Å². The molecule has 2 rings (SSSR count). The molecule has 0 saturated carbocycles. The monoisotopic (exact) mass is 312 g/mol. The number of ether oxygens (including phenoxy) is 1. The zero-order valence-electron chi connectivity index (χ0n) is 12.7. The molecule has 1 aliphatic rings. The average Bonchev–Trinajstić information content (AvgIpc) is 2.48. The number of hydrogen-bond donors (Lipinski definition) is 1. The highest BCUT2D eigenvalue weighted by molar-refractivity contribution is 7.89. The van der Waals surface area contributed by atoms with Gasteiger partial charge >= 0.3 is 0 Å². The summed E-state index contributed by atoms with van der Waals surface area (Å²) in [4.78, 5) is 0.302. The van der Waals surface area contributed by atoms with Gasteiger partial charge in [-0.25, -0.2) is 12.7 Å². The molecule has 1 fully saturated rings. The molecular weight excluding hydrogens is 288 g/mol. The molecule has 1 aromatic carbocycles. The second kappa shape index (κ2) is 6.87. The quantitative estimate of drug-likeness (QED) is 0.899. The molecule has 2 N–H and O–H groups in total. The van der Waals surface area contributed by atoms with Crippen LogP contribution in [0.1, 0.15) is 31.4 Å². The van der Waals surface area contributed by atoms with E-state index in [4.69, 9.17) is 10.5 Å². The van der Waals surface area contributed by atoms with Gasteiger partial charge < -0.3 is 10.5 Å². The summed E-state index contributed by atoms with van der Waals surface area (Å²) >= 11 is 0. The van der Waals surface area contributed by atoms with Gasteiger partial charge in [0.25, 0.3) is 0 Å². The number of sulfonamides is 1. The molecular formula is C15H24N2O3S. The summed E-state index contributed by atoms with van der Waals surface area (Å²) in [5.41, 5.74) is 6.65. The fraction of sp³-hybridized carbons (Fsp3) is 0.600. The lowest BCUT2D eigenvalue weighted by Crippen LogP contribution is -2.35. The van der Waals surface area contributed by atoms with Crippen LogP contribution in [0.15, 0.2) is 29.2 Å². The van der Waals surface area contributed by atoms with Crippen LogP contribution in [0, 0.1) is 5.92 Å². The Labute approximate surface area is 127 Å². The molecule has 1 aliphatic heterocycles. The Bertz CT molecular complexity index is 566. The van der Waals surface area contributed by atoms with E-state index in [9.17, 15) is 8.42 Å². The molecule has 0 aromatic heterocycles. The molecule has 21 heavy (non-hydrogen) atoms. The normalized spacial score (nSPS) is 21.4. The van der Waals surface area contributed by atoms with E-state index in [-0.39, 0.29) is 12.0 Å². The van der Waals surface area contributed by atoms with Crippen molar-refractivity contribution in [3.8, 4) is 0 Å². The number of benzene rings is 1. The molecule has 0 amide bonds. The first-order valence-electron chi connectivity index (χ1n) is 7.31. The van der Waals surface area contributed by atoms with Gasteiger partial charge in [-0.15, -0.1) is 0 Å². The molecule has 5 nitrogen and oxygen atoms in total. The number of nitrogens with two attached hydrogens (primary N) is 1. The van der Waals surface area contributed by atoms with Gasteiger partial charge in [0.2, 0.25) is 10.0 Å². The van der Waals surface area contributed by atoms with Gasteiger partial charge in [-0.3, -0.25) is 0 Å². The fourth-order valence-corrected chi connectivity index (χ4v) is 3.85. The van der Waals surface area contributed by atoms with E-state index in [0.29, 0.717) is 18.0 Å². The number of rotatable bonds is 5. The lowest BCUT2D eigenvalue weighted by atomic mass is 10.0. The van der Waals surface area contributed by atoms with E-state index < -0.39 is 10.0 Å². The lowest BCUT2D eigenvalue weighted by Gasteiger charge is -2.26. The van der Waals surface area contributed by atoms with Crippen LogP contribution in [0.25, 0.3) is 0 Å². The van der Waals surface area contributed by atoms with Crippen LogP contribution >= 0.6 is 0 Å². The molecule has 1 saturated heterocycles. The lowest BCUT2D eigenvalue weighted by molar-refractivity contribution is 0.0495. The first-order valence-corrected chi connectivity index (χ1v) is 8.75. The van der Waals surface area contributed by atoms with Crippen LogP contribution in [-0.2, 0) is 14.8 Å². The summed E-state index contributed by atoms with van der Waals surface area (Å²) in [6, 6.07) is 6.68. The minimum absolute atomic E-state index is 0.183. The third-order valence-electron chi connectivity index (χ3n) is 3.86. The van der Waals surface area contributed by atoms with E-state index >= 15 is 0 Å². The Hall–Kier alpha value is -0.950. The van der Waals surface area contributed by atoms with Crippen molar-refractivity contribution in [3.63, 3.8) is 0 Å². The molecule has 0 aliphatic carbocycles. The first-order chi connectivity index (χ1) is 9.91. The van der Waals surface area contributed by atoms with Gasteiger partial charge in [0.1, 0.15) is 0 Å². The summed E-state index contributed by atoms with van der Waals surface area (Å²) in [7, 11) is -1.84. The van der Waals surface area contributed by atoms with Crippen LogP contribution in [0.2, 0.25) is 0 Å². The van der Waals surface area contributed by atoms with Crippen LogP contribution in [0.5, 0.6) is 0 Å². The molecule has 0 spiro atoms. The van der Waals surface area contributed by atoms with Crippen molar-refractivity contribution >= 4 is 10.0 Å². The van der Waals surface area contributed by atoms with Gasteiger partial charge in [0, 0.05) is 26.2 Å². The minimum Gasteiger partial charge on any atom is -0.381 e. The van der Waals surface area contributed by atoms with E-state index in [0.717, 1.165) is 25.0 Å². The summed E-state index contributed by atoms with van der Waals surface area (Å²) in [6.07, 6.45) is 2.01. The van der Waals surface area contributed by atoms with Crippen molar-refractivity contribution in [1.29, 1.82) is 0 Å². The van der Waals surface area contributed by atoms with E-state index in [1.54, 1.807) is 25.2 Å². The third kappa shape index (κ3) is 4.03. The van der Waals surface area contributed by atoms with E-state index in [2.05, 4.69) is 0 Å². The Morgan fingerprint density at radius 2 is 2.24 bits per heavy atom. The summed E-state index contributed by atoms with van der Waals surface area (Å²) in [6.45, 7) is 3.75. The molecule has 118 valence electrons. The Morgan fingerprint density at radius 3 is 2.86 bits per heavy atom. The average molecular weight is 312 g/mol. The third-order valence-corrected chi connectivity index (χ3v) is 5.68. The van der Waals surface area contributed by atoms with Crippen molar-refractivity contribution in [2.24, 2.45) is 11.7 Å². The molecule has 0 bridgehead atoms. The first kappa shape index (κ1) is 16.4. The van der Waals surface area contributed by atoms with Crippen molar-refractivity contribution in [3.05, 3.63) is 29.8 Å². The zero-order chi connectivity index (χ0) is 15.5. The molecule has 6 heteroatoms. The minimum atomic E-state index is -3.47. The van der Waals surface area contributed by atoms with Gasteiger partial charge in [-0.05, 0) is 43.4 Å².